The molecule has 0 radical (unpaired) electrons. The first-order valence-corrected chi connectivity index (χ1v) is 7.49. The highest BCUT2D eigenvalue weighted by molar-refractivity contribution is 5.81. The lowest BCUT2D eigenvalue weighted by atomic mass is 9.84. The minimum Gasteiger partial charge on any atom is -0.379 e. The van der Waals surface area contributed by atoms with E-state index in [1.165, 1.54) is 32.5 Å². The van der Waals surface area contributed by atoms with Crippen molar-refractivity contribution in [3.05, 3.63) is 18.0 Å². The van der Waals surface area contributed by atoms with Crippen LogP contribution in [0.15, 0.2) is 12.3 Å². The normalized spacial score (nSPS) is 29.0. The van der Waals surface area contributed by atoms with Gasteiger partial charge < -0.3 is 10.2 Å². The second-order valence-electron chi connectivity index (χ2n) is 6.19. The molecular weight excluding hydrogens is 250 g/mol. The van der Waals surface area contributed by atoms with Gasteiger partial charge in [0.15, 0.2) is 5.65 Å². The maximum Gasteiger partial charge on any atom is 0.157 e. The van der Waals surface area contributed by atoms with Crippen molar-refractivity contribution in [2.24, 2.45) is 13.0 Å². The molecule has 5 rings (SSSR count). The van der Waals surface area contributed by atoms with Crippen LogP contribution in [0.2, 0.25) is 0 Å². The maximum atomic E-state index is 4.55. The summed E-state index contributed by atoms with van der Waals surface area (Å²) in [4.78, 5) is 7.12. The topological polar surface area (TPSA) is 46.0 Å². The number of fused-ring (bicyclic) bond motifs is 4. The van der Waals surface area contributed by atoms with Gasteiger partial charge in [-0.25, -0.2) is 4.98 Å². The van der Waals surface area contributed by atoms with E-state index in [-0.39, 0.29) is 0 Å². The van der Waals surface area contributed by atoms with Gasteiger partial charge in [0.25, 0.3) is 0 Å². The number of rotatable bonds is 2. The first-order valence-electron chi connectivity index (χ1n) is 7.49. The van der Waals surface area contributed by atoms with Gasteiger partial charge in [0, 0.05) is 25.0 Å². The molecule has 20 heavy (non-hydrogen) atoms. The zero-order valence-electron chi connectivity index (χ0n) is 12.1. The van der Waals surface area contributed by atoms with Crippen LogP contribution in [0.1, 0.15) is 18.5 Å². The van der Waals surface area contributed by atoms with E-state index < -0.39 is 0 Å². The van der Waals surface area contributed by atoms with Crippen LogP contribution in [0.25, 0.3) is 11.0 Å². The molecule has 0 amide bonds. The molecule has 5 nitrogen and oxygen atoms in total. The third kappa shape index (κ3) is 1.88. The summed E-state index contributed by atoms with van der Waals surface area (Å²) in [5, 5.41) is 9.29. The summed E-state index contributed by atoms with van der Waals surface area (Å²) in [6.45, 7) is 5.78. The lowest BCUT2D eigenvalue weighted by Gasteiger charge is -2.45. The summed E-state index contributed by atoms with van der Waals surface area (Å²) < 4.78 is 1.85. The van der Waals surface area contributed by atoms with Crippen molar-refractivity contribution >= 4 is 16.7 Å². The van der Waals surface area contributed by atoms with Gasteiger partial charge >= 0.3 is 0 Å². The molecule has 2 bridgehead atoms. The number of hydrogen-bond acceptors (Lipinski definition) is 4. The molecule has 3 saturated heterocycles. The Labute approximate surface area is 119 Å². The molecule has 106 valence electrons. The minimum atomic E-state index is 0.578. The molecule has 5 heterocycles. The van der Waals surface area contributed by atoms with E-state index in [2.05, 4.69) is 26.4 Å². The highest BCUT2D eigenvalue weighted by Gasteiger charge is 2.33. The number of aromatic nitrogens is 3. The van der Waals surface area contributed by atoms with Gasteiger partial charge in [-0.05, 0) is 44.8 Å². The van der Waals surface area contributed by atoms with Gasteiger partial charge in [-0.2, -0.15) is 5.10 Å². The van der Waals surface area contributed by atoms with Crippen LogP contribution < -0.4 is 5.32 Å². The Morgan fingerprint density at radius 1 is 1.30 bits per heavy atom. The monoisotopic (exact) mass is 271 g/mol. The van der Waals surface area contributed by atoms with Crippen LogP contribution in [-0.4, -0.2) is 45.3 Å². The average Bonchev–Trinajstić information content (AvgIpc) is 2.75. The highest BCUT2D eigenvalue weighted by Crippen LogP contribution is 2.30. The first-order chi connectivity index (χ1) is 9.70. The Hall–Kier alpha value is -1.62. The Bertz CT molecular complexity index is 639. The first kappa shape index (κ1) is 12.1. The van der Waals surface area contributed by atoms with Crippen LogP contribution in [0.3, 0.4) is 0 Å². The van der Waals surface area contributed by atoms with Crippen LogP contribution in [0.5, 0.6) is 0 Å². The quantitative estimate of drug-likeness (QED) is 0.904. The molecule has 0 saturated carbocycles. The van der Waals surface area contributed by atoms with E-state index in [1.807, 2.05) is 24.9 Å². The molecule has 2 aromatic rings. The van der Waals surface area contributed by atoms with Crippen molar-refractivity contribution in [3.63, 3.8) is 0 Å². The molecule has 5 heteroatoms. The van der Waals surface area contributed by atoms with Crippen LogP contribution in [0.4, 0.5) is 5.69 Å². The molecule has 2 aromatic heterocycles. The summed E-state index contributed by atoms with van der Waals surface area (Å²) >= 11 is 0. The zero-order chi connectivity index (χ0) is 13.7. The summed E-state index contributed by atoms with van der Waals surface area (Å²) in [6.07, 6.45) is 4.61. The molecule has 1 N–H and O–H groups in total. The molecule has 0 aromatic carbocycles. The second-order valence-corrected chi connectivity index (χ2v) is 6.19. The number of piperidine rings is 3. The summed E-state index contributed by atoms with van der Waals surface area (Å²) in [6, 6.07) is 2.77. The smallest absolute Gasteiger partial charge is 0.157 e. The number of aryl methyl sites for hydroxylation is 2. The number of nitrogens with one attached hydrogen (secondary N) is 1. The molecule has 3 fully saturated rings. The molecule has 1 unspecified atom stereocenters. The predicted octanol–water partition coefficient (Wildman–Crippen LogP) is 1.78. The molecule has 3 aliphatic rings. The lowest BCUT2D eigenvalue weighted by molar-refractivity contribution is 0.0975. The maximum absolute atomic E-state index is 4.55. The van der Waals surface area contributed by atoms with E-state index in [0.717, 1.165) is 28.3 Å². The van der Waals surface area contributed by atoms with Gasteiger partial charge in [0.05, 0.1) is 17.6 Å². The fourth-order valence-electron chi connectivity index (χ4n) is 3.73. The van der Waals surface area contributed by atoms with Crippen molar-refractivity contribution < 1.29 is 0 Å². The van der Waals surface area contributed by atoms with E-state index in [0.29, 0.717) is 6.04 Å². The van der Waals surface area contributed by atoms with E-state index in [4.69, 9.17) is 0 Å². The third-order valence-corrected chi connectivity index (χ3v) is 4.87. The SMILES string of the molecule is Cc1nn(C)c2ncc(NC3CN4CCC3CC4)cc12. The van der Waals surface area contributed by atoms with Crippen molar-refractivity contribution in [3.8, 4) is 0 Å². The summed E-state index contributed by atoms with van der Waals surface area (Å²) in [7, 11) is 1.95. The van der Waals surface area contributed by atoms with Crippen molar-refractivity contribution in [1.82, 2.24) is 19.7 Å². The van der Waals surface area contributed by atoms with Crippen LogP contribution >= 0.6 is 0 Å². The average molecular weight is 271 g/mol. The Morgan fingerprint density at radius 2 is 2.10 bits per heavy atom. The fourth-order valence-corrected chi connectivity index (χ4v) is 3.73. The van der Waals surface area contributed by atoms with E-state index >= 15 is 0 Å². The largest absolute Gasteiger partial charge is 0.379 e. The number of hydrogen-bond donors (Lipinski definition) is 1. The minimum absolute atomic E-state index is 0.578. The lowest BCUT2D eigenvalue weighted by Crippen LogP contribution is -2.53. The molecule has 0 spiro atoms. The molecule has 3 aliphatic heterocycles. The van der Waals surface area contributed by atoms with E-state index in [9.17, 15) is 0 Å². The van der Waals surface area contributed by atoms with Gasteiger partial charge in [-0.3, -0.25) is 4.68 Å². The Morgan fingerprint density at radius 3 is 2.80 bits per heavy atom. The van der Waals surface area contributed by atoms with Gasteiger partial charge in [-0.1, -0.05) is 0 Å². The van der Waals surface area contributed by atoms with Crippen molar-refractivity contribution in [2.75, 3.05) is 25.0 Å². The van der Waals surface area contributed by atoms with Gasteiger partial charge in [0.2, 0.25) is 0 Å². The molecule has 0 aliphatic carbocycles. The summed E-state index contributed by atoms with van der Waals surface area (Å²) in [5.41, 5.74) is 3.14. The fraction of sp³-hybridized carbons (Fsp3) is 0.600. The third-order valence-electron chi connectivity index (χ3n) is 4.87. The Balaban J connectivity index is 1.61. The van der Waals surface area contributed by atoms with Gasteiger partial charge in [-0.15, -0.1) is 0 Å². The van der Waals surface area contributed by atoms with Crippen molar-refractivity contribution in [1.29, 1.82) is 0 Å². The number of pyridine rings is 1. The molecular formula is C15H21N5. The Kier molecular flexibility index (Phi) is 2.70. The second kappa shape index (κ2) is 4.45. The zero-order valence-corrected chi connectivity index (χ0v) is 12.1. The standard InChI is InChI=1S/C15H21N5/c1-10-13-7-12(8-16-15(13)19(2)18-10)17-14-9-20-5-3-11(14)4-6-20/h7-8,11,14,17H,3-6,9H2,1-2H3. The number of anilines is 1. The van der Waals surface area contributed by atoms with Gasteiger partial charge in [0.1, 0.15) is 0 Å². The van der Waals surface area contributed by atoms with Crippen LogP contribution in [0, 0.1) is 12.8 Å². The predicted molar refractivity (Wildman–Crippen MR) is 79.8 cm³/mol. The number of nitrogens with zero attached hydrogens (tertiary/aromatic N) is 4. The highest BCUT2D eigenvalue weighted by atomic mass is 15.3. The van der Waals surface area contributed by atoms with E-state index in [1.54, 1.807) is 0 Å². The molecule has 1 atom stereocenters. The van der Waals surface area contributed by atoms with Crippen molar-refractivity contribution in [2.45, 2.75) is 25.8 Å². The van der Waals surface area contributed by atoms with Crippen LogP contribution in [-0.2, 0) is 7.05 Å². The summed E-state index contributed by atoms with van der Waals surface area (Å²) in [5.74, 6) is 0.825.